The third-order valence-corrected chi connectivity index (χ3v) is 2.45. The van der Waals surface area contributed by atoms with Crippen molar-refractivity contribution >= 4 is 5.91 Å². The molecule has 0 aliphatic rings. The zero-order chi connectivity index (χ0) is 13.6. The van der Waals surface area contributed by atoms with Gasteiger partial charge in [0.2, 0.25) is 0 Å². The Bertz CT molecular complexity index is 405. The Morgan fingerprint density at radius 2 is 2.17 bits per heavy atom. The van der Waals surface area contributed by atoms with Crippen molar-refractivity contribution in [1.29, 1.82) is 0 Å². The number of hydrogen-bond acceptors (Lipinski definition) is 4. The van der Waals surface area contributed by atoms with Gasteiger partial charge in [0, 0.05) is 6.54 Å². The van der Waals surface area contributed by atoms with Crippen molar-refractivity contribution in [2.75, 3.05) is 19.7 Å². The molecule has 0 aromatic heterocycles. The summed E-state index contributed by atoms with van der Waals surface area (Å²) in [6.45, 7) is 4.91. The lowest BCUT2D eigenvalue weighted by atomic mass is 10.1. The van der Waals surface area contributed by atoms with E-state index >= 15 is 0 Å². The van der Waals surface area contributed by atoms with E-state index in [1.165, 1.54) is 0 Å². The fourth-order valence-corrected chi connectivity index (χ4v) is 1.47. The monoisotopic (exact) mass is 252 g/mol. The van der Waals surface area contributed by atoms with E-state index in [1.807, 2.05) is 6.92 Å². The average Bonchev–Trinajstić information content (AvgIpc) is 2.34. The Kier molecular flexibility index (Phi) is 5.12. The summed E-state index contributed by atoms with van der Waals surface area (Å²) in [5.41, 5.74) is 4.56. The number of primary amides is 1. The lowest BCUT2D eigenvalue weighted by Gasteiger charge is -2.24. The maximum atomic E-state index is 11.2. The van der Waals surface area contributed by atoms with Gasteiger partial charge in [-0.3, -0.25) is 4.79 Å². The first kappa shape index (κ1) is 14.5. The normalized spacial score (nSPS) is 13.9. The molecule has 1 aromatic rings. The molecule has 100 valence electrons. The highest BCUT2D eigenvalue weighted by Gasteiger charge is 2.21. The van der Waals surface area contributed by atoms with Gasteiger partial charge < -0.3 is 20.9 Å². The number of amides is 1. The molecule has 1 unspecified atom stereocenters. The van der Waals surface area contributed by atoms with Crippen LogP contribution >= 0.6 is 0 Å². The number of carbonyl (C=O) groups is 1. The molecule has 0 bridgehead atoms. The summed E-state index contributed by atoms with van der Waals surface area (Å²) in [6.07, 6.45) is 0. The van der Waals surface area contributed by atoms with Gasteiger partial charge in [0.15, 0.2) is 0 Å². The quantitative estimate of drug-likeness (QED) is 0.660. The van der Waals surface area contributed by atoms with E-state index in [0.717, 1.165) is 6.54 Å². The Labute approximate surface area is 107 Å². The second-order valence-electron chi connectivity index (χ2n) is 4.43. The third kappa shape index (κ3) is 4.35. The number of hydrogen-bond donors (Lipinski definition) is 3. The van der Waals surface area contributed by atoms with Gasteiger partial charge in [0.05, 0.1) is 5.56 Å². The maximum absolute atomic E-state index is 11.2. The molecule has 1 rings (SSSR count). The molecule has 18 heavy (non-hydrogen) atoms. The summed E-state index contributed by atoms with van der Waals surface area (Å²) in [6, 6.07) is 6.71. The van der Waals surface area contributed by atoms with Crippen LogP contribution in [0.2, 0.25) is 0 Å². The molecular formula is C13H20N2O3. The van der Waals surface area contributed by atoms with E-state index in [2.05, 4.69) is 5.32 Å². The minimum Gasteiger partial charge on any atom is -0.490 e. The van der Waals surface area contributed by atoms with Gasteiger partial charge >= 0.3 is 0 Å². The molecule has 0 saturated carbocycles. The van der Waals surface area contributed by atoms with Crippen molar-refractivity contribution in [3.63, 3.8) is 0 Å². The number of ether oxygens (including phenoxy) is 1. The molecule has 0 saturated heterocycles. The van der Waals surface area contributed by atoms with Crippen LogP contribution in [0.15, 0.2) is 24.3 Å². The summed E-state index contributed by atoms with van der Waals surface area (Å²) in [7, 11) is 0. The first-order valence-corrected chi connectivity index (χ1v) is 5.91. The molecule has 1 aromatic carbocycles. The number of nitrogens with two attached hydrogens (primary N) is 1. The summed E-state index contributed by atoms with van der Waals surface area (Å²) in [4.78, 5) is 11.2. The van der Waals surface area contributed by atoms with Gasteiger partial charge in [-0.05, 0) is 25.6 Å². The molecule has 5 nitrogen and oxygen atoms in total. The van der Waals surface area contributed by atoms with Gasteiger partial charge in [0.1, 0.15) is 18.0 Å². The zero-order valence-corrected chi connectivity index (χ0v) is 10.8. The molecule has 1 atom stereocenters. The van der Waals surface area contributed by atoms with Crippen LogP contribution in [0.1, 0.15) is 24.2 Å². The average molecular weight is 252 g/mol. The lowest BCUT2D eigenvalue weighted by molar-refractivity contribution is 0.0124. The number of nitrogens with one attached hydrogen (secondary N) is 1. The highest BCUT2D eigenvalue weighted by atomic mass is 16.5. The number of aliphatic hydroxyl groups is 1. The number of rotatable bonds is 7. The Hall–Kier alpha value is -1.59. The Morgan fingerprint density at radius 3 is 2.78 bits per heavy atom. The predicted molar refractivity (Wildman–Crippen MR) is 69.6 cm³/mol. The van der Waals surface area contributed by atoms with E-state index < -0.39 is 11.5 Å². The first-order chi connectivity index (χ1) is 8.46. The van der Waals surface area contributed by atoms with Crippen LogP contribution in [0.4, 0.5) is 0 Å². The van der Waals surface area contributed by atoms with Crippen LogP contribution < -0.4 is 15.8 Å². The smallest absolute Gasteiger partial charge is 0.252 e. The van der Waals surface area contributed by atoms with Crippen molar-refractivity contribution in [2.45, 2.75) is 19.4 Å². The molecular weight excluding hydrogens is 232 g/mol. The molecule has 0 spiro atoms. The molecule has 4 N–H and O–H groups in total. The van der Waals surface area contributed by atoms with Crippen molar-refractivity contribution in [2.24, 2.45) is 5.73 Å². The minimum absolute atomic E-state index is 0.0876. The summed E-state index contributed by atoms with van der Waals surface area (Å²) in [5.74, 6) is -0.154. The molecule has 0 aliphatic carbocycles. The predicted octanol–water partition coefficient (Wildman–Crippen LogP) is 0.525. The number of carbonyl (C=O) groups excluding carboxylic acids is 1. The fourth-order valence-electron chi connectivity index (χ4n) is 1.47. The van der Waals surface area contributed by atoms with Crippen LogP contribution in [0.5, 0.6) is 5.75 Å². The van der Waals surface area contributed by atoms with Gasteiger partial charge in [-0.2, -0.15) is 0 Å². The fraction of sp³-hybridized carbons (Fsp3) is 0.462. The minimum atomic E-state index is -0.999. The van der Waals surface area contributed by atoms with Crippen LogP contribution in [-0.2, 0) is 0 Å². The van der Waals surface area contributed by atoms with Gasteiger partial charge in [0.25, 0.3) is 5.91 Å². The number of para-hydroxylation sites is 1. The second-order valence-corrected chi connectivity index (χ2v) is 4.43. The standard InChI is InChI=1S/C13H20N2O3/c1-3-15-8-13(2,17)9-18-11-7-5-4-6-10(11)12(14)16/h4-7,15,17H,3,8-9H2,1-2H3,(H2,14,16). The maximum Gasteiger partial charge on any atom is 0.252 e. The van der Waals surface area contributed by atoms with Gasteiger partial charge in [-0.15, -0.1) is 0 Å². The first-order valence-electron chi connectivity index (χ1n) is 5.91. The molecule has 0 aliphatic heterocycles. The van der Waals surface area contributed by atoms with Crippen molar-refractivity contribution < 1.29 is 14.6 Å². The van der Waals surface area contributed by atoms with Crippen molar-refractivity contribution in [1.82, 2.24) is 5.32 Å². The molecule has 5 heteroatoms. The second kappa shape index (κ2) is 6.37. The third-order valence-electron chi connectivity index (χ3n) is 2.45. The Morgan fingerprint density at radius 1 is 1.50 bits per heavy atom. The van der Waals surface area contributed by atoms with Gasteiger partial charge in [-0.25, -0.2) is 0 Å². The van der Waals surface area contributed by atoms with Gasteiger partial charge in [-0.1, -0.05) is 19.1 Å². The molecule has 0 fully saturated rings. The number of likely N-dealkylation sites (N-methyl/N-ethyl adjacent to an activating group) is 1. The Balaban J connectivity index is 2.65. The highest BCUT2D eigenvalue weighted by Crippen LogP contribution is 2.18. The van der Waals surface area contributed by atoms with Crippen LogP contribution in [0, 0.1) is 0 Å². The zero-order valence-electron chi connectivity index (χ0n) is 10.8. The van der Waals surface area contributed by atoms with E-state index in [1.54, 1.807) is 31.2 Å². The molecule has 0 heterocycles. The van der Waals surface area contributed by atoms with Crippen molar-refractivity contribution in [3.8, 4) is 5.75 Å². The topological polar surface area (TPSA) is 84.6 Å². The number of benzene rings is 1. The van der Waals surface area contributed by atoms with E-state index in [-0.39, 0.29) is 6.61 Å². The largest absolute Gasteiger partial charge is 0.490 e. The molecule has 0 radical (unpaired) electrons. The summed E-state index contributed by atoms with van der Waals surface area (Å²) >= 11 is 0. The summed E-state index contributed by atoms with van der Waals surface area (Å²) < 4.78 is 5.47. The SMILES string of the molecule is CCNCC(C)(O)COc1ccccc1C(N)=O. The van der Waals surface area contributed by atoms with E-state index in [9.17, 15) is 9.90 Å². The summed E-state index contributed by atoms with van der Waals surface area (Å²) in [5, 5.41) is 13.1. The lowest BCUT2D eigenvalue weighted by Crippen LogP contribution is -2.42. The molecule has 1 amide bonds. The highest BCUT2D eigenvalue weighted by molar-refractivity contribution is 5.95. The van der Waals surface area contributed by atoms with Crippen LogP contribution in [0.25, 0.3) is 0 Å². The van der Waals surface area contributed by atoms with Crippen LogP contribution in [0.3, 0.4) is 0 Å². The van der Waals surface area contributed by atoms with Crippen molar-refractivity contribution in [3.05, 3.63) is 29.8 Å². The van der Waals surface area contributed by atoms with E-state index in [0.29, 0.717) is 17.9 Å². The van der Waals surface area contributed by atoms with E-state index in [4.69, 9.17) is 10.5 Å². The van der Waals surface area contributed by atoms with Crippen LogP contribution in [-0.4, -0.2) is 36.3 Å².